The lowest BCUT2D eigenvalue weighted by atomic mass is 10.1. The Morgan fingerprint density at radius 1 is 1.67 bits per heavy atom. The van der Waals surface area contributed by atoms with Crippen molar-refractivity contribution < 1.29 is 9.13 Å². The number of ether oxygens (including phenoxy) is 1. The lowest BCUT2D eigenvalue weighted by molar-refractivity contribution is 0.187. The lowest BCUT2D eigenvalue weighted by Gasteiger charge is -2.10. The third-order valence-corrected chi connectivity index (χ3v) is 2.34. The quantitative estimate of drug-likeness (QED) is 0.769. The van der Waals surface area contributed by atoms with Crippen LogP contribution in [0.5, 0.6) is 0 Å². The molecular weight excluding hydrogens is 199 g/mol. The van der Waals surface area contributed by atoms with E-state index in [1.807, 2.05) is 0 Å². The molecule has 0 bridgehead atoms. The standard InChI is InChI=1S/C9H13FN4O/c10-7-4-13-9(11)14-8(7)12-3-6-1-2-15-5-6/h4,6H,1-3,5H2,(H3,11,12,13,14). The van der Waals surface area contributed by atoms with Crippen LogP contribution >= 0.6 is 0 Å². The minimum atomic E-state index is -0.483. The molecule has 1 unspecified atom stereocenters. The van der Waals surface area contributed by atoms with E-state index < -0.39 is 5.82 Å². The molecule has 0 spiro atoms. The van der Waals surface area contributed by atoms with Crippen molar-refractivity contribution in [3.05, 3.63) is 12.0 Å². The summed E-state index contributed by atoms with van der Waals surface area (Å²) in [6.45, 7) is 2.14. The zero-order valence-electron chi connectivity index (χ0n) is 8.24. The van der Waals surface area contributed by atoms with Gasteiger partial charge in [-0.25, -0.2) is 9.37 Å². The van der Waals surface area contributed by atoms with Gasteiger partial charge in [0.25, 0.3) is 0 Å². The average molecular weight is 212 g/mol. The summed E-state index contributed by atoms with van der Waals surface area (Å²) in [6.07, 6.45) is 2.06. The molecule has 82 valence electrons. The van der Waals surface area contributed by atoms with Crippen LogP contribution in [0.1, 0.15) is 6.42 Å². The van der Waals surface area contributed by atoms with E-state index in [0.717, 1.165) is 25.8 Å². The molecule has 1 aromatic heterocycles. The third kappa shape index (κ3) is 2.53. The molecule has 5 nitrogen and oxygen atoms in total. The van der Waals surface area contributed by atoms with Gasteiger partial charge in [-0.2, -0.15) is 4.98 Å². The van der Waals surface area contributed by atoms with Crippen molar-refractivity contribution in [2.75, 3.05) is 30.8 Å². The number of nitrogens with one attached hydrogen (secondary N) is 1. The van der Waals surface area contributed by atoms with E-state index in [1.54, 1.807) is 0 Å². The van der Waals surface area contributed by atoms with Gasteiger partial charge in [-0.1, -0.05) is 0 Å². The first kappa shape index (κ1) is 10.1. The van der Waals surface area contributed by atoms with Gasteiger partial charge in [0.15, 0.2) is 11.6 Å². The largest absolute Gasteiger partial charge is 0.381 e. The molecule has 2 rings (SSSR count). The van der Waals surface area contributed by atoms with Crippen LogP contribution in [0, 0.1) is 11.7 Å². The first-order chi connectivity index (χ1) is 7.25. The van der Waals surface area contributed by atoms with Gasteiger partial charge < -0.3 is 15.8 Å². The molecule has 2 heterocycles. The topological polar surface area (TPSA) is 73.1 Å². The first-order valence-electron chi connectivity index (χ1n) is 4.85. The molecule has 0 radical (unpaired) electrons. The average Bonchev–Trinajstić information content (AvgIpc) is 2.72. The predicted molar refractivity (Wildman–Crippen MR) is 53.8 cm³/mol. The fourth-order valence-electron chi connectivity index (χ4n) is 1.49. The summed E-state index contributed by atoms with van der Waals surface area (Å²) >= 11 is 0. The van der Waals surface area contributed by atoms with Crippen molar-refractivity contribution in [3.63, 3.8) is 0 Å². The second-order valence-electron chi connectivity index (χ2n) is 3.54. The van der Waals surface area contributed by atoms with Gasteiger partial charge in [-0.05, 0) is 6.42 Å². The van der Waals surface area contributed by atoms with E-state index in [9.17, 15) is 4.39 Å². The highest BCUT2D eigenvalue weighted by atomic mass is 19.1. The van der Waals surface area contributed by atoms with E-state index in [2.05, 4.69) is 15.3 Å². The van der Waals surface area contributed by atoms with E-state index in [4.69, 9.17) is 10.5 Å². The zero-order chi connectivity index (χ0) is 10.7. The minimum Gasteiger partial charge on any atom is -0.381 e. The van der Waals surface area contributed by atoms with Gasteiger partial charge in [0, 0.05) is 19.1 Å². The maximum absolute atomic E-state index is 13.2. The van der Waals surface area contributed by atoms with Crippen molar-refractivity contribution in [2.45, 2.75) is 6.42 Å². The Morgan fingerprint density at radius 3 is 3.27 bits per heavy atom. The molecule has 0 saturated carbocycles. The summed E-state index contributed by atoms with van der Waals surface area (Å²) < 4.78 is 18.4. The summed E-state index contributed by atoms with van der Waals surface area (Å²) in [5, 5.41) is 2.91. The Morgan fingerprint density at radius 2 is 2.53 bits per heavy atom. The molecule has 1 aromatic rings. The van der Waals surface area contributed by atoms with Crippen molar-refractivity contribution >= 4 is 11.8 Å². The number of hydrogen-bond donors (Lipinski definition) is 2. The van der Waals surface area contributed by atoms with E-state index >= 15 is 0 Å². The van der Waals surface area contributed by atoms with Crippen LogP contribution in [0.15, 0.2) is 6.20 Å². The molecule has 3 N–H and O–H groups in total. The molecule has 1 fully saturated rings. The highest BCUT2D eigenvalue weighted by Crippen LogP contribution is 2.15. The van der Waals surface area contributed by atoms with Gasteiger partial charge in [-0.3, -0.25) is 0 Å². The number of nitrogens with zero attached hydrogens (tertiary/aromatic N) is 2. The monoisotopic (exact) mass is 212 g/mol. The Balaban J connectivity index is 1.94. The molecule has 0 amide bonds. The van der Waals surface area contributed by atoms with Crippen molar-refractivity contribution in [1.29, 1.82) is 0 Å². The Hall–Kier alpha value is -1.43. The molecule has 6 heteroatoms. The van der Waals surface area contributed by atoms with Crippen LogP contribution in [0.25, 0.3) is 0 Å². The van der Waals surface area contributed by atoms with Crippen LogP contribution < -0.4 is 11.1 Å². The van der Waals surface area contributed by atoms with Crippen LogP contribution in [0.4, 0.5) is 16.2 Å². The normalized spacial score (nSPS) is 20.5. The summed E-state index contributed by atoms with van der Waals surface area (Å²) in [4.78, 5) is 7.32. The minimum absolute atomic E-state index is 0.0709. The molecule has 1 aliphatic heterocycles. The molecule has 1 atom stereocenters. The third-order valence-electron chi connectivity index (χ3n) is 2.34. The molecule has 15 heavy (non-hydrogen) atoms. The second kappa shape index (κ2) is 4.39. The number of aromatic nitrogens is 2. The highest BCUT2D eigenvalue weighted by Gasteiger charge is 2.16. The Labute approximate surface area is 86.9 Å². The van der Waals surface area contributed by atoms with Gasteiger partial charge in [0.1, 0.15) is 0 Å². The van der Waals surface area contributed by atoms with E-state index in [1.165, 1.54) is 0 Å². The molecule has 0 aliphatic carbocycles. The highest BCUT2D eigenvalue weighted by molar-refractivity contribution is 5.39. The van der Waals surface area contributed by atoms with Crippen molar-refractivity contribution in [3.8, 4) is 0 Å². The molecule has 1 aliphatic rings. The molecule has 1 saturated heterocycles. The van der Waals surface area contributed by atoms with E-state index in [0.29, 0.717) is 12.5 Å². The number of hydrogen-bond acceptors (Lipinski definition) is 5. The summed E-state index contributed by atoms with van der Waals surface area (Å²) in [5.41, 5.74) is 5.36. The van der Waals surface area contributed by atoms with Crippen LogP contribution in [0.2, 0.25) is 0 Å². The fourth-order valence-corrected chi connectivity index (χ4v) is 1.49. The van der Waals surface area contributed by atoms with Crippen molar-refractivity contribution in [1.82, 2.24) is 9.97 Å². The van der Waals surface area contributed by atoms with E-state index in [-0.39, 0.29) is 11.8 Å². The number of nitrogen functional groups attached to an aromatic ring is 1. The molecular formula is C9H13FN4O. The predicted octanol–water partition coefficient (Wildman–Crippen LogP) is 0.646. The van der Waals surface area contributed by atoms with Crippen LogP contribution in [-0.4, -0.2) is 29.7 Å². The summed E-state index contributed by atoms with van der Waals surface area (Å²) in [7, 11) is 0. The number of nitrogens with two attached hydrogens (primary N) is 1. The summed E-state index contributed by atoms with van der Waals surface area (Å²) in [5.74, 6) is 0.166. The first-order valence-corrected chi connectivity index (χ1v) is 4.85. The number of rotatable bonds is 3. The number of anilines is 2. The van der Waals surface area contributed by atoms with Gasteiger partial charge in [-0.15, -0.1) is 0 Å². The van der Waals surface area contributed by atoms with Gasteiger partial charge in [0.2, 0.25) is 5.95 Å². The number of halogens is 1. The second-order valence-corrected chi connectivity index (χ2v) is 3.54. The maximum Gasteiger partial charge on any atom is 0.222 e. The van der Waals surface area contributed by atoms with Gasteiger partial charge in [0.05, 0.1) is 12.8 Å². The summed E-state index contributed by atoms with van der Waals surface area (Å²) in [6, 6.07) is 0. The van der Waals surface area contributed by atoms with Crippen LogP contribution in [-0.2, 0) is 4.74 Å². The lowest BCUT2D eigenvalue weighted by Crippen LogP contribution is -2.16. The smallest absolute Gasteiger partial charge is 0.222 e. The Kier molecular flexibility index (Phi) is 2.96. The molecule has 0 aromatic carbocycles. The van der Waals surface area contributed by atoms with Crippen LogP contribution in [0.3, 0.4) is 0 Å². The maximum atomic E-state index is 13.2. The van der Waals surface area contributed by atoms with Gasteiger partial charge >= 0.3 is 0 Å². The Bertz CT molecular complexity index is 341. The zero-order valence-corrected chi connectivity index (χ0v) is 8.24. The van der Waals surface area contributed by atoms with Crippen molar-refractivity contribution in [2.24, 2.45) is 5.92 Å². The fraction of sp³-hybridized carbons (Fsp3) is 0.556. The SMILES string of the molecule is Nc1ncc(F)c(NCC2CCOC2)n1.